The van der Waals surface area contributed by atoms with Gasteiger partial charge >= 0.3 is 0 Å². The summed E-state index contributed by atoms with van der Waals surface area (Å²) in [4.78, 5) is 5.59. The summed E-state index contributed by atoms with van der Waals surface area (Å²) in [6.45, 7) is 0. The molecule has 0 radical (unpaired) electrons. The molecule has 43 heavy (non-hydrogen) atoms. The Morgan fingerprint density at radius 2 is 1.07 bits per heavy atom. The van der Waals surface area contributed by atoms with E-state index < -0.39 is 10.0 Å². The van der Waals surface area contributed by atoms with Crippen molar-refractivity contribution in [2.24, 2.45) is 7.05 Å². The van der Waals surface area contributed by atoms with Gasteiger partial charge in [-0.3, -0.25) is 0 Å². The van der Waals surface area contributed by atoms with E-state index in [9.17, 15) is 0 Å². The lowest BCUT2D eigenvalue weighted by atomic mass is 9.95. The number of hydrogen-bond donors (Lipinski definition) is 0. The molecule has 0 aliphatic carbocycles. The number of rotatable bonds is 3. The summed E-state index contributed by atoms with van der Waals surface area (Å²) in [6.07, 6.45) is 0. The molecule has 7 aromatic carbocycles. The van der Waals surface area contributed by atoms with Gasteiger partial charge in [0.15, 0.2) is 0 Å². The summed E-state index contributed by atoms with van der Waals surface area (Å²) in [5.74, 6) is 0. The fourth-order valence-corrected chi connectivity index (χ4v) is 11.6. The number of fused-ring (bicyclic) bond motifs is 8. The average molecular weight is 568 g/mol. The number of aryl methyl sites for hydroxylation is 1. The van der Waals surface area contributed by atoms with Crippen LogP contribution in [-0.4, -0.2) is 4.57 Å². The summed E-state index contributed by atoms with van der Waals surface area (Å²) in [7, 11) is 0.499. The Labute approximate surface area is 253 Å². The zero-order chi connectivity index (χ0) is 28.5. The van der Waals surface area contributed by atoms with Crippen molar-refractivity contribution in [3.63, 3.8) is 0 Å². The van der Waals surface area contributed by atoms with Crippen LogP contribution in [0.15, 0.2) is 177 Å². The Bertz CT molecular complexity index is 2310. The van der Waals surface area contributed by atoms with Crippen LogP contribution in [0.1, 0.15) is 0 Å². The highest BCUT2D eigenvalue weighted by molar-refractivity contribution is 8.34. The summed E-state index contributed by atoms with van der Waals surface area (Å²) in [5.41, 5.74) is 7.77. The Morgan fingerprint density at radius 3 is 1.86 bits per heavy atom. The summed E-state index contributed by atoms with van der Waals surface area (Å²) in [6, 6.07) is 58.8. The van der Waals surface area contributed by atoms with Gasteiger partial charge in [-0.1, -0.05) is 109 Å². The second kappa shape index (κ2) is 9.22. The van der Waals surface area contributed by atoms with Crippen molar-refractivity contribution in [2.75, 3.05) is 0 Å². The highest BCUT2D eigenvalue weighted by Gasteiger charge is 2.42. The van der Waals surface area contributed by atoms with Crippen molar-refractivity contribution in [3.8, 4) is 22.3 Å². The third kappa shape index (κ3) is 3.30. The Hall–Kier alpha value is -5.05. The van der Waals surface area contributed by atoms with Crippen LogP contribution in [-0.2, 0) is 7.05 Å². The highest BCUT2D eigenvalue weighted by Crippen LogP contribution is 2.80. The van der Waals surface area contributed by atoms with Gasteiger partial charge in [-0.15, -0.1) is 10.0 Å². The van der Waals surface area contributed by atoms with Crippen molar-refractivity contribution in [1.29, 1.82) is 0 Å². The molecule has 0 bridgehead atoms. The molecule has 0 unspecified atom stereocenters. The van der Waals surface area contributed by atoms with Crippen molar-refractivity contribution < 1.29 is 0 Å². The molecule has 0 spiro atoms. The Kier molecular flexibility index (Phi) is 5.26. The highest BCUT2D eigenvalue weighted by atomic mass is 32.3. The summed E-state index contributed by atoms with van der Waals surface area (Å²) >= 11 is 0. The molecule has 1 aliphatic heterocycles. The van der Waals surface area contributed by atoms with Gasteiger partial charge in [0, 0.05) is 48.4 Å². The summed E-state index contributed by atoms with van der Waals surface area (Å²) < 4.78 is 2.35. The molecule has 0 amide bonds. The molecule has 1 aromatic heterocycles. The third-order valence-electron chi connectivity index (χ3n) is 9.25. The molecule has 1 nitrogen and oxygen atoms in total. The van der Waals surface area contributed by atoms with Gasteiger partial charge in [-0.2, -0.15) is 0 Å². The van der Waals surface area contributed by atoms with E-state index in [2.05, 4.69) is 169 Å². The van der Waals surface area contributed by atoms with E-state index in [1.807, 2.05) is 0 Å². The van der Waals surface area contributed by atoms with Crippen molar-refractivity contribution in [3.05, 3.63) is 158 Å². The predicted molar refractivity (Wildman–Crippen MR) is 182 cm³/mol. The van der Waals surface area contributed by atoms with Crippen LogP contribution in [0.5, 0.6) is 0 Å². The molecular weight excluding hydrogens is 539 g/mol. The van der Waals surface area contributed by atoms with Crippen molar-refractivity contribution >= 4 is 42.6 Å². The molecule has 0 saturated heterocycles. The van der Waals surface area contributed by atoms with E-state index >= 15 is 0 Å². The number of aromatic nitrogens is 1. The lowest BCUT2D eigenvalue weighted by Crippen LogP contribution is -2.01. The minimum absolute atomic E-state index is 1.26. The van der Waals surface area contributed by atoms with E-state index in [4.69, 9.17) is 0 Å². The molecule has 1 aliphatic rings. The first-order chi connectivity index (χ1) is 21.3. The van der Waals surface area contributed by atoms with Crippen molar-refractivity contribution in [2.45, 2.75) is 19.6 Å². The Morgan fingerprint density at radius 1 is 0.442 bits per heavy atom. The molecule has 8 aromatic rings. The quantitative estimate of drug-likeness (QED) is 0.200. The first kappa shape index (κ1) is 24.5. The van der Waals surface area contributed by atoms with Crippen molar-refractivity contribution in [1.82, 2.24) is 4.57 Å². The van der Waals surface area contributed by atoms with Crippen LogP contribution in [0.25, 0.3) is 54.8 Å². The largest absolute Gasteiger partial charge is 0.344 e. The first-order valence-electron chi connectivity index (χ1n) is 14.8. The molecule has 2 heteroatoms. The molecule has 0 fully saturated rings. The maximum Gasteiger partial charge on any atom is 0.0495 e. The maximum atomic E-state index is 2.52. The number of nitrogens with zero attached hydrogens (tertiary/aromatic N) is 1. The molecule has 0 N–H and O–H groups in total. The van der Waals surface area contributed by atoms with Crippen LogP contribution in [0.3, 0.4) is 0 Å². The smallest absolute Gasteiger partial charge is 0.0495 e. The molecule has 9 rings (SSSR count). The van der Waals surface area contributed by atoms with E-state index in [0.717, 1.165) is 0 Å². The van der Waals surface area contributed by atoms with Gasteiger partial charge < -0.3 is 4.57 Å². The van der Waals surface area contributed by atoms with Crippen LogP contribution >= 0.6 is 10.0 Å². The molecule has 0 atom stereocenters. The third-order valence-corrected chi connectivity index (χ3v) is 13.2. The van der Waals surface area contributed by atoms with Gasteiger partial charge in [0.25, 0.3) is 0 Å². The second-order valence-electron chi connectivity index (χ2n) is 11.4. The summed E-state index contributed by atoms with van der Waals surface area (Å²) in [5, 5.41) is 5.24. The average Bonchev–Trinajstić information content (AvgIpc) is 3.55. The number of benzene rings is 7. The fraction of sp³-hybridized carbons (Fsp3) is 0.0244. The van der Waals surface area contributed by atoms with Crippen LogP contribution in [0.2, 0.25) is 0 Å². The molecular formula is C41H29NS. The van der Waals surface area contributed by atoms with Gasteiger partial charge in [0.05, 0.1) is 0 Å². The van der Waals surface area contributed by atoms with E-state index in [1.165, 1.54) is 74.4 Å². The van der Waals surface area contributed by atoms with Crippen LogP contribution in [0, 0.1) is 0 Å². The van der Waals surface area contributed by atoms with Gasteiger partial charge in [-0.05, 0) is 81.6 Å². The van der Waals surface area contributed by atoms with Gasteiger partial charge in [0.1, 0.15) is 0 Å². The molecule has 204 valence electrons. The minimum atomic E-state index is -1.70. The van der Waals surface area contributed by atoms with E-state index in [0.29, 0.717) is 0 Å². The fourth-order valence-electron chi connectivity index (χ4n) is 7.39. The number of hydrogen-bond acceptors (Lipinski definition) is 0. The maximum absolute atomic E-state index is 2.52. The SMILES string of the molecule is Cn1c2cccc(-c3ccc4c(c3)S(c3ccccc3)(c3ccccc3)c3ccccc3-4)c2c2c3ccccc3ccc21. The van der Waals surface area contributed by atoms with E-state index in [1.54, 1.807) is 0 Å². The zero-order valence-electron chi connectivity index (χ0n) is 23.9. The minimum Gasteiger partial charge on any atom is -0.344 e. The Balaban J connectivity index is 1.40. The monoisotopic (exact) mass is 567 g/mol. The normalized spacial score (nSPS) is 14.2. The zero-order valence-corrected chi connectivity index (χ0v) is 24.7. The lowest BCUT2D eigenvalue weighted by Gasteiger charge is -2.39. The van der Waals surface area contributed by atoms with Gasteiger partial charge in [-0.25, -0.2) is 0 Å². The standard InChI is InChI=1S/C41H29NS/c1-42-36-21-12-20-33(41(36)40-32-18-9-8-13-28(32)24-26-37(40)42)29-23-25-35-34-19-10-11-22-38(34)43(39(35)27-29,30-14-4-2-5-15-30)31-16-6-3-7-17-31/h2-27H,1H3. The van der Waals surface area contributed by atoms with Crippen LogP contribution < -0.4 is 0 Å². The molecule has 2 heterocycles. The topological polar surface area (TPSA) is 4.93 Å². The van der Waals surface area contributed by atoms with Gasteiger partial charge in [0.2, 0.25) is 0 Å². The van der Waals surface area contributed by atoms with E-state index in [-0.39, 0.29) is 0 Å². The lowest BCUT2D eigenvalue weighted by molar-refractivity contribution is 1.01. The molecule has 0 saturated carbocycles. The first-order valence-corrected chi connectivity index (χ1v) is 16.5. The van der Waals surface area contributed by atoms with Crippen LogP contribution in [0.4, 0.5) is 0 Å². The predicted octanol–water partition coefficient (Wildman–Crippen LogP) is 11.5. The second-order valence-corrected chi connectivity index (χ2v) is 14.4.